The van der Waals surface area contributed by atoms with E-state index in [0.717, 1.165) is 17.8 Å². The van der Waals surface area contributed by atoms with Gasteiger partial charge in [-0.15, -0.1) is 0 Å². The molecular weight excluding hydrogens is 268 g/mol. The van der Waals surface area contributed by atoms with Gasteiger partial charge < -0.3 is 0 Å². The van der Waals surface area contributed by atoms with Crippen LogP contribution in [0.2, 0.25) is 0 Å². The maximum Gasteiger partial charge on any atom is 0.154 e. The molecule has 0 spiro atoms. The highest BCUT2D eigenvalue weighted by Gasteiger charge is 2.15. The van der Waals surface area contributed by atoms with E-state index in [4.69, 9.17) is 4.99 Å². The molecule has 0 saturated carbocycles. The lowest BCUT2D eigenvalue weighted by molar-refractivity contribution is 0.886. The third-order valence-corrected chi connectivity index (χ3v) is 4.00. The van der Waals surface area contributed by atoms with Gasteiger partial charge in [-0.05, 0) is 16.3 Å². The van der Waals surface area contributed by atoms with E-state index in [-0.39, 0.29) is 6.04 Å². The van der Waals surface area contributed by atoms with Crippen LogP contribution in [0.1, 0.15) is 11.1 Å². The summed E-state index contributed by atoms with van der Waals surface area (Å²) < 4.78 is 0. The molecule has 4 rings (SSSR count). The van der Waals surface area contributed by atoms with E-state index in [1.807, 2.05) is 24.4 Å². The predicted molar refractivity (Wildman–Crippen MR) is 92.9 cm³/mol. The molecule has 1 heterocycles. The Morgan fingerprint density at radius 2 is 1.55 bits per heavy atom. The van der Waals surface area contributed by atoms with E-state index in [1.165, 1.54) is 16.3 Å². The summed E-state index contributed by atoms with van der Waals surface area (Å²) in [4.78, 5) is 9.24. The molecular formula is C20H16N2. The number of aliphatic imine (C=N–C) groups is 2. The summed E-state index contributed by atoms with van der Waals surface area (Å²) in [6.45, 7) is 0. The third-order valence-electron chi connectivity index (χ3n) is 4.00. The van der Waals surface area contributed by atoms with Gasteiger partial charge in [0.05, 0.1) is 6.04 Å². The second-order valence-electron chi connectivity index (χ2n) is 5.51. The number of benzene rings is 3. The summed E-state index contributed by atoms with van der Waals surface area (Å²) in [5.41, 5.74) is 2.41. The van der Waals surface area contributed by atoms with E-state index in [9.17, 15) is 0 Å². The highest BCUT2D eigenvalue weighted by atomic mass is 15.0. The molecule has 22 heavy (non-hydrogen) atoms. The number of hydrogen-bond acceptors (Lipinski definition) is 2. The molecule has 0 radical (unpaired) electrons. The first-order valence-electron chi connectivity index (χ1n) is 7.54. The molecule has 1 aliphatic heterocycles. The molecule has 2 heteroatoms. The van der Waals surface area contributed by atoms with Gasteiger partial charge in [0.25, 0.3) is 0 Å². The molecule has 1 unspecified atom stereocenters. The van der Waals surface area contributed by atoms with E-state index >= 15 is 0 Å². The van der Waals surface area contributed by atoms with E-state index < -0.39 is 0 Å². The van der Waals surface area contributed by atoms with E-state index in [2.05, 4.69) is 59.6 Å². The van der Waals surface area contributed by atoms with Crippen LogP contribution in [-0.4, -0.2) is 18.1 Å². The largest absolute Gasteiger partial charge is 0.257 e. The van der Waals surface area contributed by atoms with Gasteiger partial charge in [0.2, 0.25) is 0 Å². The monoisotopic (exact) mass is 284 g/mol. The van der Waals surface area contributed by atoms with Gasteiger partial charge in [-0.1, -0.05) is 72.8 Å². The molecule has 2 nitrogen and oxygen atoms in total. The number of rotatable bonds is 3. The first kappa shape index (κ1) is 13.0. The van der Waals surface area contributed by atoms with Crippen LogP contribution in [0.25, 0.3) is 10.8 Å². The molecule has 0 saturated heterocycles. The highest BCUT2D eigenvalue weighted by molar-refractivity contribution is 6.07. The van der Waals surface area contributed by atoms with Crippen molar-refractivity contribution in [3.63, 3.8) is 0 Å². The van der Waals surface area contributed by atoms with Crippen LogP contribution in [0.5, 0.6) is 0 Å². The lowest BCUT2D eigenvalue weighted by Crippen LogP contribution is -2.07. The smallest absolute Gasteiger partial charge is 0.154 e. The molecule has 1 atom stereocenters. The van der Waals surface area contributed by atoms with Crippen LogP contribution in [0.15, 0.2) is 82.8 Å². The lowest BCUT2D eigenvalue weighted by atomic mass is 9.99. The minimum Gasteiger partial charge on any atom is -0.257 e. The molecule has 106 valence electrons. The molecule has 0 aliphatic carbocycles. The van der Waals surface area contributed by atoms with Crippen molar-refractivity contribution in [2.75, 3.05) is 0 Å². The number of nitrogens with zero attached hydrogens (tertiary/aromatic N) is 2. The SMILES string of the molecule is C1=NC(c2ccccc2)=NC1Cc1cccc2ccccc12. The molecule has 3 aromatic rings. The Hall–Kier alpha value is -2.74. The minimum atomic E-state index is 0.126. The number of amidine groups is 1. The minimum absolute atomic E-state index is 0.126. The summed E-state index contributed by atoms with van der Waals surface area (Å²) in [6.07, 6.45) is 2.85. The van der Waals surface area contributed by atoms with Crippen molar-refractivity contribution in [2.45, 2.75) is 12.5 Å². The Kier molecular flexibility index (Phi) is 3.28. The molecule has 0 bridgehead atoms. The number of fused-ring (bicyclic) bond motifs is 1. The van der Waals surface area contributed by atoms with Gasteiger partial charge in [-0.3, -0.25) is 4.99 Å². The average Bonchev–Trinajstić information content (AvgIpc) is 3.05. The Balaban J connectivity index is 1.62. The van der Waals surface area contributed by atoms with Crippen LogP contribution < -0.4 is 0 Å². The van der Waals surface area contributed by atoms with Gasteiger partial charge in [0.1, 0.15) is 0 Å². The summed E-state index contributed by atoms with van der Waals surface area (Å²) in [7, 11) is 0. The van der Waals surface area contributed by atoms with Crippen molar-refractivity contribution in [1.29, 1.82) is 0 Å². The Labute approximate surface area is 129 Å². The molecule has 3 aromatic carbocycles. The van der Waals surface area contributed by atoms with Crippen molar-refractivity contribution in [2.24, 2.45) is 9.98 Å². The Morgan fingerprint density at radius 3 is 2.45 bits per heavy atom. The van der Waals surface area contributed by atoms with Gasteiger partial charge in [0.15, 0.2) is 5.84 Å². The van der Waals surface area contributed by atoms with Crippen molar-refractivity contribution < 1.29 is 0 Å². The highest BCUT2D eigenvalue weighted by Crippen LogP contribution is 2.21. The molecule has 0 amide bonds. The molecule has 0 fully saturated rings. The fourth-order valence-electron chi connectivity index (χ4n) is 2.91. The molecule has 0 aromatic heterocycles. The quantitative estimate of drug-likeness (QED) is 0.685. The summed E-state index contributed by atoms with van der Waals surface area (Å²) in [5.74, 6) is 0.839. The lowest BCUT2D eigenvalue weighted by Gasteiger charge is -2.08. The Bertz CT molecular complexity index is 858. The van der Waals surface area contributed by atoms with Crippen LogP contribution in [0.4, 0.5) is 0 Å². The summed E-state index contributed by atoms with van der Waals surface area (Å²) in [5, 5.41) is 2.59. The molecule has 1 aliphatic rings. The number of hydrogen-bond donors (Lipinski definition) is 0. The average molecular weight is 284 g/mol. The fourth-order valence-corrected chi connectivity index (χ4v) is 2.91. The van der Waals surface area contributed by atoms with Gasteiger partial charge in [0, 0.05) is 18.2 Å². The topological polar surface area (TPSA) is 24.7 Å². The zero-order chi connectivity index (χ0) is 14.8. The van der Waals surface area contributed by atoms with E-state index in [1.54, 1.807) is 0 Å². The zero-order valence-electron chi connectivity index (χ0n) is 12.2. The Morgan fingerprint density at radius 1 is 0.773 bits per heavy atom. The van der Waals surface area contributed by atoms with Crippen molar-refractivity contribution >= 4 is 22.8 Å². The standard InChI is InChI=1S/C20H16N2/c1-2-8-16(9-3-1)20-21-14-18(22-20)13-17-11-6-10-15-7-4-5-12-19(15)17/h1-12,14,18H,13H2. The van der Waals surface area contributed by atoms with Crippen LogP contribution in [-0.2, 0) is 6.42 Å². The van der Waals surface area contributed by atoms with Crippen molar-refractivity contribution in [1.82, 2.24) is 0 Å². The second-order valence-corrected chi connectivity index (χ2v) is 5.51. The van der Waals surface area contributed by atoms with Crippen molar-refractivity contribution in [3.8, 4) is 0 Å². The second kappa shape index (κ2) is 5.57. The first-order valence-corrected chi connectivity index (χ1v) is 7.54. The van der Waals surface area contributed by atoms with Gasteiger partial charge in [-0.2, -0.15) is 0 Å². The maximum atomic E-state index is 4.75. The predicted octanol–water partition coefficient (Wildman–Crippen LogP) is 4.28. The fraction of sp³-hybridized carbons (Fsp3) is 0.100. The summed E-state index contributed by atoms with van der Waals surface area (Å²) in [6, 6.07) is 25.2. The zero-order valence-corrected chi connectivity index (χ0v) is 12.2. The summed E-state index contributed by atoms with van der Waals surface area (Å²) >= 11 is 0. The first-order chi connectivity index (χ1) is 10.9. The normalized spacial score (nSPS) is 16.9. The third kappa shape index (κ3) is 2.44. The van der Waals surface area contributed by atoms with Crippen LogP contribution >= 0.6 is 0 Å². The van der Waals surface area contributed by atoms with Crippen LogP contribution in [0, 0.1) is 0 Å². The molecule has 0 N–H and O–H groups in total. The van der Waals surface area contributed by atoms with Gasteiger partial charge >= 0.3 is 0 Å². The van der Waals surface area contributed by atoms with E-state index in [0.29, 0.717) is 0 Å². The maximum absolute atomic E-state index is 4.75. The van der Waals surface area contributed by atoms with Crippen molar-refractivity contribution in [3.05, 3.63) is 83.9 Å². The van der Waals surface area contributed by atoms with Crippen LogP contribution in [0.3, 0.4) is 0 Å². The van der Waals surface area contributed by atoms with Gasteiger partial charge in [-0.25, -0.2) is 4.99 Å².